The normalized spacial score (nSPS) is 11.3. The highest BCUT2D eigenvalue weighted by Crippen LogP contribution is 2.16. The average molecular weight is 713 g/mol. The van der Waals surface area contributed by atoms with Crippen LogP contribution in [0.25, 0.3) is 0 Å². The monoisotopic (exact) mass is 713 g/mol. The second-order valence-electron chi connectivity index (χ2n) is 15.0. The predicted molar refractivity (Wildman–Crippen MR) is 215 cm³/mol. The summed E-state index contributed by atoms with van der Waals surface area (Å²) in [5.41, 5.74) is 2.61. The van der Waals surface area contributed by atoms with Crippen molar-refractivity contribution in [1.82, 2.24) is 9.13 Å². The van der Waals surface area contributed by atoms with Gasteiger partial charge in [-0.15, -0.1) is 0 Å². The zero-order chi connectivity index (χ0) is 36.3. The summed E-state index contributed by atoms with van der Waals surface area (Å²) in [4.78, 5) is 0. The van der Waals surface area contributed by atoms with Crippen LogP contribution in [0.15, 0.2) is 86.0 Å². The first-order valence-electron chi connectivity index (χ1n) is 21.2. The zero-order valence-corrected chi connectivity index (χ0v) is 33.1. The largest absolute Gasteiger partial charge is 0.494 e. The van der Waals surface area contributed by atoms with Crippen molar-refractivity contribution in [2.45, 2.75) is 168 Å². The molecule has 0 radical (unpaired) electrons. The predicted octanol–water partition coefficient (Wildman–Crippen LogP) is 11.3. The van der Waals surface area contributed by atoms with Gasteiger partial charge in [-0.2, -0.15) is 0 Å². The van der Waals surface area contributed by atoms with Gasteiger partial charge in [-0.25, -0.2) is 18.3 Å². The lowest BCUT2D eigenvalue weighted by Crippen LogP contribution is -2.31. The SMILES string of the molecule is CCCCCCCCCCOc1ccc(C[n+]2ccn(CCCCCCn3cc[n+](Cc4ccc(OCCCCCCCCCC)cc4)c3)c2)cc1. The topological polar surface area (TPSA) is 36.1 Å². The van der Waals surface area contributed by atoms with Gasteiger partial charge in [0.05, 0.1) is 26.3 Å². The van der Waals surface area contributed by atoms with Crippen LogP contribution in [0.5, 0.6) is 11.5 Å². The van der Waals surface area contributed by atoms with E-state index in [1.165, 1.54) is 127 Å². The van der Waals surface area contributed by atoms with Crippen molar-refractivity contribution < 1.29 is 18.6 Å². The second-order valence-corrected chi connectivity index (χ2v) is 15.0. The first-order chi connectivity index (χ1) is 25.7. The lowest BCUT2D eigenvalue weighted by atomic mass is 10.1. The van der Waals surface area contributed by atoms with Gasteiger partial charge in [-0.05, 0) is 73.9 Å². The Kier molecular flexibility index (Phi) is 20.8. The van der Waals surface area contributed by atoms with Crippen LogP contribution in [0.1, 0.15) is 153 Å². The molecule has 52 heavy (non-hydrogen) atoms. The van der Waals surface area contributed by atoms with Gasteiger partial charge in [0.25, 0.3) is 0 Å². The highest BCUT2D eigenvalue weighted by molar-refractivity contribution is 5.27. The third kappa shape index (κ3) is 17.8. The number of benzene rings is 2. The summed E-state index contributed by atoms with van der Waals surface area (Å²) in [5, 5.41) is 0. The van der Waals surface area contributed by atoms with Crippen molar-refractivity contribution in [3.05, 3.63) is 97.1 Å². The fraction of sp³-hybridized carbons (Fsp3) is 0.609. The summed E-state index contributed by atoms with van der Waals surface area (Å²) in [5.74, 6) is 1.97. The number of hydrogen-bond acceptors (Lipinski definition) is 2. The Balaban J connectivity index is 1.00. The molecule has 0 spiro atoms. The minimum absolute atomic E-state index is 0.823. The zero-order valence-electron chi connectivity index (χ0n) is 33.1. The Morgan fingerprint density at radius 3 is 1.15 bits per heavy atom. The quantitative estimate of drug-likeness (QED) is 0.0385. The van der Waals surface area contributed by atoms with Crippen LogP contribution in [-0.4, -0.2) is 22.3 Å². The van der Waals surface area contributed by atoms with E-state index in [1.807, 2.05) is 0 Å². The van der Waals surface area contributed by atoms with E-state index in [-0.39, 0.29) is 0 Å². The third-order valence-electron chi connectivity index (χ3n) is 10.2. The number of ether oxygens (including phenoxy) is 2. The Morgan fingerprint density at radius 1 is 0.423 bits per heavy atom. The van der Waals surface area contributed by atoms with Gasteiger partial charge in [-0.3, -0.25) is 0 Å². The van der Waals surface area contributed by atoms with Crippen LogP contribution in [0, 0.1) is 0 Å². The molecule has 4 rings (SSSR count). The summed E-state index contributed by atoms with van der Waals surface area (Å²) in [7, 11) is 0. The molecule has 0 aliphatic rings. The van der Waals surface area contributed by atoms with Gasteiger partial charge in [0, 0.05) is 0 Å². The van der Waals surface area contributed by atoms with Crippen LogP contribution in [0.3, 0.4) is 0 Å². The van der Waals surface area contributed by atoms with E-state index in [0.29, 0.717) is 0 Å². The molecule has 0 bridgehead atoms. The Morgan fingerprint density at radius 2 is 0.769 bits per heavy atom. The molecule has 2 heterocycles. The molecule has 4 aromatic rings. The Bertz CT molecular complexity index is 1320. The first kappa shape index (κ1) is 41.2. The van der Waals surface area contributed by atoms with Gasteiger partial charge >= 0.3 is 0 Å². The maximum Gasteiger partial charge on any atom is 0.244 e. The minimum atomic E-state index is 0.823. The van der Waals surface area contributed by atoms with Gasteiger partial charge < -0.3 is 9.47 Å². The highest BCUT2D eigenvalue weighted by Gasteiger charge is 2.08. The molecule has 286 valence electrons. The van der Waals surface area contributed by atoms with E-state index >= 15 is 0 Å². The Hall–Kier alpha value is -3.54. The molecule has 0 atom stereocenters. The number of unbranched alkanes of at least 4 members (excludes halogenated alkanes) is 17. The fourth-order valence-electron chi connectivity index (χ4n) is 6.93. The molecule has 0 aliphatic heterocycles. The minimum Gasteiger partial charge on any atom is -0.494 e. The number of aryl methyl sites for hydroxylation is 2. The molecule has 6 nitrogen and oxygen atoms in total. The van der Waals surface area contributed by atoms with E-state index in [9.17, 15) is 0 Å². The summed E-state index contributed by atoms with van der Waals surface area (Å²) < 4.78 is 21.2. The van der Waals surface area contributed by atoms with Crippen molar-refractivity contribution >= 4 is 0 Å². The van der Waals surface area contributed by atoms with Crippen molar-refractivity contribution in [3.8, 4) is 11.5 Å². The molecule has 0 unspecified atom stereocenters. The number of aromatic nitrogens is 4. The van der Waals surface area contributed by atoms with Crippen molar-refractivity contribution in [3.63, 3.8) is 0 Å². The molecule has 0 amide bonds. The molecule has 0 saturated heterocycles. The number of imidazole rings is 2. The smallest absolute Gasteiger partial charge is 0.244 e. The fourth-order valence-corrected chi connectivity index (χ4v) is 6.93. The summed E-state index contributed by atoms with van der Waals surface area (Å²) in [6, 6.07) is 17.3. The molecule has 2 aromatic heterocycles. The van der Waals surface area contributed by atoms with E-state index in [2.05, 4.69) is 118 Å². The average Bonchev–Trinajstić information content (AvgIpc) is 3.82. The maximum atomic E-state index is 5.99. The van der Waals surface area contributed by atoms with E-state index in [0.717, 1.165) is 63.7 Å². The summed E-state index contributed by atoms with van der Waals surface area (Å²) >= 11 is 0. The molecule has 0 fully saturated rings. The highest BCUT2D eigenvalue weighted by atomic mass is 16.5. The number of rotatable bonds is 31. The first-order valence-corrected chi connectivity index (χ1v) is 21.2. The number of hydrogen-bond donors (Lipinski definition) is 0. The van der Waals surface area contributed by atoms with Crippen molar-refractivity contribution in [1.29, 1.82) is 0 Å². The van der Waals surface area contributed by atoms with Gasteiger partial charge in [0.2, 0.25) is 12.7 Å². The van der Waals surface area contributed by atoms with Gasteiger partial charge in [0.15, 0.2) is 0 Å². The van der Waals surface area contributed by atoms with Gasteiger partial charge in [-0.1, -0.05) is 128 Å². The van der Waals surface area contributed by atoms with E-state index in [4.69, 9.17) is 9.47 Å². The number of nitrogens with zero attached hydrogens (tertiary/aromatic N) is 4. The molecule has 0 saturated carbocycles. The molecular formula is C46H72N4O2+2. The van der Waals surface area contributed by atoms with Gasteiger partial charge in [0.1, 0.15) is 49.4 Å². The van der Waals surface area contributed by atoms with Crippen LogP contribution >= 0.6 is 0 Å². The third-order valence-corrected chi connectivity index (χ3v) is 10.2. The summed E-state index contributed by atoms with van der Waals surface area (Å²) in [6.45, 7) is 10.1. The molecule has 6 heteroatoms. The van der Waals surface area contributed by atoms with Crippen molar-refractivity contribution in [2.75, 3.05) is 13.2 Å². The van der Waals surface area contributed by atoms with Crippen LogP contribution < -0.4 is 18.6 Å². The Labute approximate surface area is 317 Å². The lowest BCUT2D eigenvalue weighted by Gasteiger charge is -2.07. The lowest BCUT2D eigenvalue weighted by molar-refractivity contribution is -0.688. The molecule has 0 N–H and O–H groups in total. The molecule has 0 aliphatic carbocycles. The summed E-state index contributed by atoms with van der Waals surface area (Å²) in [6.07, 6.45) is 39.5. The second kappa shape index (κ2) is 26.3. The van der Waals surface area contributed by atoms with E-state index in [1.54, 1.807) is 0 Å². The standard InChI is InChI=1S/C46H72N4O2/c1-3-5-7-9-11-13-17-21-37-51-45-27-23-43(24-28-45)39-49-35-33-47(41-49)31-19-15-16-20-32-48-34-36-50(42-48)40-44-25-29-46(30-26-44)52-38-22-18-14-12-10-8-6-4-2/h23-30,33-36,41-42H,3-22,31-32,37-40H2,1-2H3/q+2. The van der Waals surface area contributed by atoms with Crippen molar-refractivity contribution in [2.24, 2.45) is 0 Å². The van der Waals surface area contributed by atoms with Crippen LogP contribution in [0.4, 0.5) is 0 Å². The molecular weight excluding hydrogens is 641 g/mol. The van der Waals surface area contributed by atoms with E-state index < -0.39 is 0 Å². The molecule has 2 aromatic carbocycles. The van der Waals surface area contributed by atoms with Crippen LogP contribution in [-0.2, 0) is 26.2 Å². The maximum absolute atomic E-state index is 5.99. The van der Waals surface area contributed by atoms with Crippen LogP contribution in [0.2, 0.25) is 0 Å².